The molecule has 0 aliphatic carbocycles. The fourth-order valence-electron chi connectivity index (χ4n) is 1.93. The lowest BCUT2D eigenvalue weighted by Gasteiger charge is -2.08. The average molecular weight is 346 g/mol. The molecule has 0 saturated heterocycles. The number of nitrogens with one attached hydrogen (secondary N) is 1. The molecule has 7 nitrogen and oxygen atoms in total. The highest BCUT2D eigenvalue weighted by atomic mass is 19.1. The number of hydrogen-bond donors (Lipinski definition) is 2. The highest BCUT2D eigenvalue weighted by Crippen LogP contribution is 2.15. The van der Waals surface area contributed by atoms with Gasteiger partial charge in [-0.05, 0) is 42.5 Å². The van der Waals surface area contributed by atoms with Gasteiger partial charge in [-0.15, -0.1) is 0 Å². The van der Waals surface area contributed by atoms with Crippen LogP contribution in [0.3, 0.4) is 0 Å². The van der Waals surface area contributed by atoms with Crippen LogP contribution in [0.5, 0.6) is 0 Å². The molecule has 2 rings (SSSR count). The van der Waals surface area contributed by atoms with Gasteiger partial charge in [0.25, 0.3) is 5.91 Å². The zero-order valence-corrected chi connectivity index (χ0v) is 13.2. The Hall–Kier alpha value is -3.42. The largest absolute Gasteiger partial charge is 0.465 e. The van der Waals surface area contributed by atoms with E-state index in [1.807, 2.05) is 0 Å². The van der Waals surface area contributed by atoms with E-state index in [-0.39, 0.29) is 11.3 Å². The van der Waals surface area contributed by atoms with Crippen LogP contribution in [0.1, 0.15) is 20.7 Å². The topological polar surface area (TPSA) is 108 Å². The monoisotopic (exact) mass is 346 g/mol. The van der Waals surface area contributed by atoms with Crippen LogP contribution in [-0.2, 0) is 14.3 Å². The Labute approximate surface area is 142 Å². The van der Waals surface area contributed by atoms with Gasteiger partial charge in [0, 0.05) is 11.4 Å². The number of anilines is 2. The molecule has 1 amide bonds. The molecule has 0 saturated carbocycles. The molecule has 0 spiro atoms. The van der Waals surface area contributed by atoms with E-state index in [9.17, 15) is 18.8 Å². The van der Waals surface area contributed by atoms with E-state index >= 15 is 0 Å². The summed E-state index contributed by atoms with van der Waals surface area (Å²) in [4.78, 5) is 34.9. The molecule has 0 fully saturated rings. The summed E-state index contributed by atoms with van der Waals surface area (Å²) in [5, 5.41) is 2.50. The van der Waals surface area contributed by atoms with E-state index in [0.717, 1.165) is 12.1 Å². The number of nitrogens with two attached hydrogens (primary N) is 1. The third-order valence-corrected chi connectivity index (χ3v) is 3.16. The Morgan fingerprint density at radius 2 is 1.76 bits per heavy atom. The van der Waals surface area contributed by atoms with Crippen LogP contribution in [0.4, 0.5) is 15.8 Å². The van der Waals surface area contributed by atoms with Crippen LogP contribution < -0.4 is 11.1 Å². The molecule has 130 valence electrons. The van der Waals surface area contributed by atoms with E-state index in [1.54, 1.807) is 0 Å². The van der Waals surface area contributed by atoms with Gasteiger partial charge in [-0.2, -0.15) is 0 Å². The standard InChI is InChI=1S/C17H15FN2O5/c1-24-16(22)10-2-5-12(6-3-10)20-15(21)9-25-17(23)13-7-4-11(18)8-14(13)19/h2-8H,9,19H2,1H3,(H,20,21). The molecule has 2 aromatic carbocycles. The fourth-order valence-corrected chi connectivity index (χ4v) is 1.93. The predicted molar refractivity (Wildman–Crippen MR) is 87.5 cm³/mol. The van der Waals surface area contributed by atoms with Crippen LogP contribution in [0, 0.1) is 5.82 Å². The number of carbonyl (C=O) groups excluding carboxylic acids is 3. The fraction of sp³-hybridized carbons (Fsp3) is 0.118. The third kappa shape index (κ3) is 4.77. The van der Waals surface area contributed by atoms with Crippen molar-refractivity contribution in [1.29, 1.82) is 0 Å². The Morgan fingerprint density at radius 1 is 1.08 bits per heavy atom. The second-order valence-electron chi connectivity index (χ2n) is 4.92. The van der Waals surface area contributed by atoms with E-state index in [0.29, 0.717) is 11.3 Å². The summed E-state index contributed by atoms with van der Waals surface area (Å²) >= 11 is 0. The lowest BCUT2D eigenvalue weighted by Crippen LogP contribution is -2.21. The maximum atomic E-state index is 12.9. The number of ether oxygens (including phenoxy) is 2. The van der Waals surface area contributed by atoms with Gasteiger partial charge in [-0.25, -0.2) is 14.0 Å². The maximum Gasteiger partial charge on any atom is 0.340 e. The quantitative estimate of drug-likeness (QED) is 0.633. The van der Waals surface area contributed by atoms with Crippen molar-refractivity contribution in [2.45, 2.75) is 0 Å². The molecule has 0 bridgehead atoms. The SMILES string of the molecule is COC(=O)c1ccc(NC(=O)COC(=O)c2ccc(F)cc2N)cc1. The van der Waals surface area contributed by atoms with Gasteiger partial charge in [0.15, 0.2) is 6.61 Å². The molecule has 0 unspecified atom stereocenters. The van der Waals surface area contributed by atoms with E-state index in [4.69, 9.17) is 10.5 Å². The summed E-state index contributed by atoms with van der Waals surface area (Å²) in [7, 11) is 1.26. The minimum Gasteiger partial charge on any atom is -0.465 e. The lowest BCUT2D eigenvalue weighted by atomic mass is 10.2. The Morgan fingerprint density at radius 3 is 2.36 bits per heavy atom. The molecule has 0 heterocycles. The maximum absolute atomic E-state index is 12.9. The summed E-state index contributed by atoms with van der Waals surface area (Å²) in [6, 6.07) is 9.19. The second kappa shape index (κ2) is 7.91. The molecule has 0 aliphatic heterocycles. The summed E-state index contributed by atoms with van der Waals surface area (Å²) < 4.78 is 22.3. The first-order valence-corrected chi connectivity index (χ1v) is 7.11. The van der Waals surface area contributed by atoms with Crippen molar-refractivity contribution in [3.63, 3.8) is 0 Å². The number of methoxy groups -OCH3 is 1. The van der Waals surface area contributed by atoms with Crippen molar-refractivity contribution >= 4 is 29.2 Å². The van der Waals surface area contributed by atoms with Crippen molar-refractivity contribution in [2.75, 3.05) is 24.8 Å². The van der Waals surface area contributed by atoms with Gasteiger partial charge < -0.3 is 20.5 Å². The molecular weight excluding hydrogens is 331 g/mol. The Balaban J connectivity index is 1.90. The molecule has 0 aromatic heterocycles. The predicted octanol–water partition coefficient (Wildman–Crippen LogP) is 1.99. The van der Waals surface area contributed by atoms with E-state index in [2.05, 4.69) is 10.1 Å². The highest BCUT2D eigenvalue weighted by Gasteiger charge is 2.14. The van der Waals surface area contributed by atoms with E-state index in [1.165, 1.54) is 37.4 Å². The number of amides is 1. The summed E-state index contributed by atoms with van der Waals surface area (Å²) in [5.74, 6) is -2.50. The molecule has 8 heteroatoms. The van der Waals surface area contributed by atoms with Gasteiger partial charge in [0.2, 0.25) is 0 Å². The zero-order valence-electron chi connectivity index (χ0n) is 13.2. The van der Waals surface area contributed by atoms with Crippen LogP contribution in [0.2, 0.25) is 0 Å². The van der Waals surface area contributed by atoms with Gasteiger partial charge in [-0.3, -0.25) is 4.79 Å². The van der Waals surface area contributed by atoms with Crippen LogP contribution in [-0.4, -0.2) is 31.6 Å². The number of esters is 2. The van der Waals surface area contributed by atoms with Crippen molar-refractivity contribution in [1.82, 2.24) is 0 Å². The van der Waals surface area contributed by atoms with Crippen molar-refractivity contribution in [2.24, 2.45) is 0 Å². The number of carbonyl (C=O) groups is 3. The van der Waals surface area contributed by atoms with Gasteiger partial charge in [0.1, 0.15) is 5.82 Å². The van der Waals surface area contributed by atoms with Gasteiger partial charge >= 0.3 is 11.9 Å². The smallest absolute Gasteiger partial charge is 0.340 e. The first-order valence-electron chi connectivity index (χ1n) is 7.11. The molecule has 0 radical (unpaired) electrons. The third-order valence-electron chi connectivity index (χ3n) is 3.16. The van der Waals surface area contributed by atoms with Gasteiger partial charge in [-0.1, -0.05) is 0 Å². The van der Waals surface area contributed by atoms with Crippen molar-refractivity contribution < 1.29 is 28.2 Å². The van der Waals surface area contributed by atoms with E-state index < -0.39 is 30.3 Å². The number of rotatable bonds is 5. The number of hydrogen-bond acceptors (Lipinski definition) is 6. The number of benzene rings is 2. The Bertz CT molecular complexity index is 805. The van der Waals surface area contributed by atoms with Crippen molar-refractivity contribution in [3.8, 4) is 0 Å². The van der Waals surface area contributed by atoms with Crippen LogP contribution >= 0.6 is 0 Å². The summed E-state index contributed by atoms with van der Waals surface area (Å²) in [5.41, 5.74) is 6.16. The first kappa shape index (κ1) is 17.9. The lowest BCUT2D eigenvalue weighted by molar-refractivity contribution is -0.119. The molecule has 0 aliphatic rings. The Kier molecular flexibility index (Phi) is 5.67. The zero-order chi connectivity index (χ0) is 18.4. The molecule has 3 N–H and O–H groups in total. The minimum atomic E-state index is -0.839. The summed E-state index contributed by atoms with van der Waals surface area (Å²) in [6.45, 7) is -0.547. The molecule has 0 atom stereocenters. The highest BCUT2D eigenvalue weighted by molar-refractivity contribution is 5.98. The van der Waals surface area contributed by atoms with Crippen molar-refractivity contribution in [3.05, 3.63) is 59.4 Å². The normalized spacial score (nSPS) is 10.0. The van der Waals surface area contributed by atoms with Crippen LogP contribution in [0.15, 0.2) is 42.5 Å². The first-order chi connectivity index (χ1) is 11.9. The van der Waals surface area contributed by atoms with Crippen LogP contribution in [0.25, 0.3) is 0 Å². The molecule has 25 heavy (non-hydrogen) atoms. The second-order valence-corrected chi connectivity index (χ2v) is 4.92. The number of halogens is 1. The minimum absolute atomic E-state index is 0.0309. The molecule has 2 aromatic rings. The molecular formula is C17H15FN2O5. The summed E-state index contributed by atoms with van der Waals surface area (Å²) in [6.07, 6.45) is 0. The number of nitrogen functional groups attached to an aromatic ring is 1. The average Bonchev–Trinajstić information content (AvgIpc) is 2.59. The van der Waals surface area contributed by atoms with Gasteiger partial charge in [0.05, 0.1) is 18.2 Å².